The zero-order chi connectivity index (χ0) is 19.4. The molecule has 0 aliphatic carbocycles. The Kier molecular flexibility index (Phi) is 6.25. The van der Waals surface area contributed by atoms with E-state index in [0.29, 0.717) is 15.8 Å². The van der Waals surface area contributed by atoms with Gasteiger partial charge in [0.1, 0.15) is 11.6 Å². The van der Waals surface area contributed by atoms with Crippen LogP contribution in [0.1, 0.15) is 5.56 Å². The summed E-state index contributed by atoms with van der Waals surface area (Å²) in [7, 11) is -1.60. The molecule has 0 saturated heterocycles. The van der Waals surface area contributed by atoms with Gasteiger partial charge in [-0.1, -0.05) is 35.3 Å². The number of benzene rings is 3. The van der Waals surface area contributed by atoms with Gasteiger partial charge in [-0.3, -0.25) is 4.79 Å². The molecular formula is C22H19Cl2FOS. The molecule has 0 radical (unpaired) electrons. The highest BCUT2D eigenvalue weighted by molar-refractivity contribution is 8.33. The number of carbonyl (C=O) groups excluding carboxylic acids is 1. The molecule has 0 N–H and O–H groups in total. The molecule has 0 unspecified atom stereocenters. The van der Waals surface area contributed by atoms with Crippen molar-refractivity contribution in [3.63, 3.8) is 0 Å². The van der Waals surface area contributed by atoms with Gasteiger partial charge in [-0.15, -0.1) is 0 Å². The number of rotatable bonds is 6. The number of halogens is 3. The van der Waals surface area contributed by atoms with Gasteiger partial charge in [-0.2, -0.15) is 10.0 Å². The first-order chi connectivity index (χ1) is 12.9. The minimum Gasteiger partial charge on any atom is -0.298 e. The second-order valence-electron chi connectivity index (χ2n) is 6.48. The molecule has 1 nitrogen and oxygen atoms in total. The number of hydrogen-bond acceptors (Lipinski definition) is 1. The van der Waals surface area contributed by atoms with Crippen LogP contribution in [0.3, 0.4) is 0 Å². The van der Waals surface area contributed by atoms with Crippen molar-refractivity contribution in [1.29, 1.82) is 0 Å². The Hall–Kier alpha value is -1.81. The van der Waals surface area contributed by atoms with E-state index in [-0.39, 0.29) is 18.0 Å². The Morgan fingerprint density at radius 2 is 1.26 bits per heavy atom. The molecule has 0 saturated carbocycles. The fourth-order valence-electron chi connectivity index (χ4n) is 2.98. The fraction of sp³-hybridized carbons (Fsp3) is 0.136. The fourth-order valence-corrected chi connectivity index (χ4v) is 6.05. The molecule has 3 aromatic rings. The van der Waals surface area contributed by atoms with Crippen LogP contribution in [0.2, 0.25) is 10.0 Å². The van der Waals surface area contributed by atoms with Crippen LogP contribution >= 0.6 is 33.2 Å². The standard InChI is InChI=1S/C22H19Cl2FOS/c1-27(21-10-4-17(23)5-11-21,22-12-6-18(24)7-13-22)15-20(26)14-16-2-8-19(25)9-3-16/h2-13H,14-15H2,1H3. The van der Waals surface area contributed by atoms with E-state index < -0.39 is 10.0 Å². The van der Waals surface area contributed by atoms with Gasteiger partial charge >= 0.3 is 0 Å². The third kappa shape index (κ3) is 4.92. The second-order valence-corrected chi connectivity index (χ2v) is 10.8. The minimum atomic E-state index is -1.60. The highest BCUT2D eigenvalue weighted by Crippen LogP contribution is 2.59. The molecule has 0 spiro atoms. The molecule has 0 heterocycles. The summed E-state index contributed by atoms with van der Waals surface area (Å²) >= 11 is 12.1. The number of Topliss-reactive ketones (excluding diaryl/α,β-unsaturated/α-hetero) is 1. The molecule has 3 rings (SSSR count). The van der Waals surface area contributed by atoms with E-state index in [9.17, 15) is 9.18 Å². The molecule has 5 heteroatoms. The van der Waals surface area contributed by atoms with Crippen LogP contribution in [0.4, 0.5) is 4.39 Å². The van der Waals surface area contributed by atoms with Crippen LogP contribution in [-0.2, 0) is 11.2 Å². The van der Waals surface area contributed by atoms with E-state index in [0.717, 1.165) is 15.4 Å². The van der Waals surface area contributed by atoms with Crippen LogP contribution < -0.4 is 0 Å². The molecule has 0 aliphatic rings. The third-order valence-electron chi connectivity index (χ3n) is 4.43. The topological polar surface area (TPSA) is 17.1 Å². The van der Waals surface area contributed by atoms with E-state index in [1.54, 1.807) is 12.1 Å². The highest BCUT2D eigenvalue weighted by atomic mass is 35.5. The predicted molar refractivity (Wildman–Crippen MR) is 113 cm³/mol. The summed E-state index contributed by atoms with van der Waals surface area (Å²) in [5, 5.41) is 1.32. The molecule has 0 atom stereocenters. The van der Waals surface area contributed by atoms with Gasteiger partial charge < -0.3 is 0 Å². The largest absolute Gasteiger partial charge is 0.298 e. The molecule has 3 aromatic carbocycles. The predicted octanol–water partition coefficient (Wildman–Crippen LogP) is 6.80. The van der Waals surface area contributed by atoms with Gasteiger partial charge in [0.05, 0.1) is 0 Å². The Morgan fingerprint density at radius 1 is 0.815 bits per heavy atom. The lowest BCUT2D eigenvalue weighted by atomic mass is 10.1. The van der Waals surface area contributed by atoms with Crippen molar-refractivity contribution in [2.24, 2.45) is 0 Å². The zero-order valence-electron chi connectivity index (χ0n) is 14.8. The zero-order valence-corrected chi connectivity index (χ0v) is 17.1. The summed E-state index contributed by atoms with van der Waals surface area (Å²) < 4.78 is 13.1. The van der Waals surface area contributed by atoms with Crippen molar-refractivity contribution in [2.45, 2.75) is 16.2 Å². The van der Waals surface area contributed by atoms with Crippen molar-refractivity contribution < 1.29 is 9.18 Å². The summed E-state index contributed by atoms with van der Waals surface area (Å²) in [6.07, 6.45) is 2.41. The van der Waals surface area contributed by atoms with Gasteiger partial charge in [-0.25, -0.2) is 4.39 Å². The minimum absolute atomic E-state index is 0.115. The lowest BCUT2D eigenvalue weighted by Gasteiger charge is -2.36. The molecular weight excluding hydrogens is 402 g/mol. The van der Waals surface area contributed by atoms with Crippen molar-refractivity contribution in [3.8, 4) is 0 Å². The summed E-state index contributed by atoms with van der Waals surface area (Å²) in [4.78, 5) is 15.0. The first kappa shape index (κ1) is 19.9. The van der Waals surface area contributed by atoms with E-state index in [2.05, 4.69) is 6.26 Å². The quantitative estimate of drug-likeness (QED) is 0.428. The van der Waals surface area contributed by atoms with E-state index in [1.807, 2.05) is 48.5 Å². The average Bonchev–Trinajstić information content (AvgIpc) is 2.64. The van der Waals surface area contributed by atoms with Gasteiger partial charge in [0.2, 0.25) is 0 Å². The Bertz CT molecular complexity index is 877. The summed E-state index contributed by atoms with van der Waals surface area (Å²) in [5.41, 5.74) is 0.815. The lowest BCUT2D eigenvalue weighted by molar-refractivity contribution is -0.116. The Morgan fingerprint density at radius 3 is 1.70 bits per heavy atom. The van der Waals surface area contributed by atoms with Crippen molar-refractivity contribution >= 4 is 39.0 Å². The highest BCUT2D eigenvalue weighted by Gasteiger charge is 2.26. The molecule has 140 valence electrons. The van der Waals surface area contributed by atoms with Gasteiger partial charge in [0, 0.05) is 22.2 Å². The number of ketones is 1. The molecule has 27 heavy (non-hydrogen) atoms. The molecule has 0 bridgehead atoms. The Labute approximate surface area is 170 Å². The summed E-state index contributed by atoms with van der Waals surface area (Å²) in [6.45, 7) is 0. The van der Waals surface area contributed by atoms with Crippen LogP contribution in [0.15, 0.2) is 82.6 Å². The first-order valence-corrected chi connectivity index (χ1v) is 11.4. The van der Waals surface area contributed by atoms with Gasteiger partial charge in [0.15, 0.2) is 0 Å². The first-order valence-electron chi connectivity index (χ1n) is 8.40. The molecule has 0 aliphatic heterocycles. The average molecular weight is 421 g/mol. The lowest BCUT2D eigenvalue weighted by Crippen LogP contribution is -2.16. The third-order valence-corrected chi connectivity index (χ3v) is 8.46. The van der Waals surface area contributed by atoms with Gasteiger partial charge in [0.25, 0.3) is 0 Å². The maximum Gasteiger partial charge on any atom is 0.146 e. The summed E-state index contributed by atoms with van der Waals surface area (Å²) in [5.74, 6) is 0.209. The maximum atomic E-state index is 13.1. The van der Waals surface area contributed by atoms with E-state index >= 15 is 0 Å². The number of hydrogen-bond donors (Lipinski definition) is 0. The van der Waals surface area contributed by atoms with Crippen LogP contribution in [0.25, 0.3) is 0 Å². The van der Waals surface area contributed by atoms with Gasteiger partial charge in [-0.05, 0) is 82.3 Å². The van der Waals surface area contributed by atoms with E-state index in [4.69, 9.17) is 23.2 Å². The van der Waals surface area contributed by atoms with Crippen molar-refractivity contribution in [2.75, 3.05) is 12.0 Å². The normalized spacial score (nSPS) is 12.0. The van der Waals surface area contributed by atoms with E-state index in [1.165, 1.54) is 12.1 Å². The van der Waals surface area contributed by atoms with Crippen LogP contribution in [0.5, 0.6) is 0 Å². The SMILES string of the molecule is CS(CC(=O)Cc1ccc(F)cc1)(c1ccc(Cl)cc1)c1ccc(Cl)cc1. The van der Waals surface area contributed by atoms with Crippen molar-refractivity contribution in [3.05, 3.63) is 94.2 Å². The maximum absolute atomic E-state index is 13.1. The number of carbonyl (C=O) groups is 1. The van der Waals surface area contributed by atoms with Crippen LogP contribution in [0, 0.1) is 5.82 Å². The molecule has 0 fully saturated rings. The Balaban J connectivity index is 1.91. The van der Waals surface area contributed by atoms with Crippen molar-refractivity contribution in [1.82, 2.24) is 0 Å². The molecule has 0 amide bonds. The molecule has 0 aromatic heterocycles. The monoisotopic (exact) mass is 420 g/mol. The second kappa shape index (κ2) is 8.47. The van der Waals surface area contributed by atoms with Crippen LogP contribution in [-0.4, -0.2) is 17.8 Å². The smallest absolute Gasteiger partial charge is 0.146 e. The summed E-state index contributed by atoms with van der Waals surface area (Å²) in [6, 6.07) is 21.4.